The summed E-state index contributed by atoms with van der Waals surface area (Å²) in [5.74, 6) is -0.644. The van der Waals surface area contributed by atoms with E-state index in [1.165, 1.54) is 12.1 Å². The highest BCUT2D eigenvalue weighted by atomic mass is 19.4. The maximum atomic E-state index is 12.5. The van der Waals surface area contributed by atoms with Gasteiger partial charge in [-0.3, -0.25) is 4.79 Å². The second-order valence-corrected chi connectivity index (χ2v) is 4.37. The molecule has 4 nitrogen and oxygen atoms in total. The quantitative estimate of drug-likeness (QED) is 0.692. The molecule has 1 rings (SSSR count). The van der Waals surface area contributed by atoms with Crippen LogP contribution in [0.2, 0.25) is 0 Å². The van der Waals surface area contributed by atoms with E-state index >= 15 is 0 Å². The third kappa shape index (κ3) is 5.97. The lowest BCUT2D eigenvalue weighted by Crippen LogP contribution is -2.36. The number of halogens is 3. The number of nitrogens with two attached hydrogens (primary N) is 1. The van der Waals surface area contributed by atoms with Crippen LogP contribution in [0, 0.1) is 0 Å². The number of carbonyl (C=O) groups is 1. The van der Waals surface area contributed by atoms with Gasteiger partial charge in [0.15, 0.2) is 0 Å². The van der Waals surface area contributed by atoms with Gasteiger partial charge in [-0.2, -0.15) is 13.2 Å². The Morgan fingerprint density at radius 2 is 2.10 bits per heavy atom. The number of rotatable bonds is 6. The predicted octanol–water partition coefficient (Wildman–Crippen LogP) is 1.24. The number of aliphatic hydroxyl groups excluding tert-OH is 1. The number of alkyl halides is 3. The van der Waals surface area contributed by atoms with Gasteiger partial charge in [-0.1, -0.05) is 30.4 Å². The smallest absolute Gasteiger partial charge is 0.383 e. The van der Waals surface area contributed by atoms with Crippen molar-refractivity contribution in [3.05, 3.63) is 47.5 Å². The fourth-order valence-corrected chi connectivity index (χ4v) is 1.65. The summed E-state index contributed by atoms with van der Waals surface area (Å²) in [6.45, 7) is 0.540. The monoisotopic (exact) mass is 302 g/mol. The molecule has 0 aliphatic carbocycles. The van der Waals surface area contributed by atoms with Crippen molar-refractivity contribution in [3.8, 4) is 0 Å². The van der Waals surface area contributed by atoms with Crippen LogP contribution in [-0.2, 0) is 17.4 Å². The lowest BCUT2D eigenvalue weighted by atomic mass is 10.0. The van der Waals surface area contributed by atoms with Crippen LogP contribution in [0.5, 0.6) is 0 Å². The molecule has 0 saturated heterocycles. The Morgan fingerprint density at radius 1 is 1.38 bits per heavy atom. The number of nitrogens with one attached hydrogen (secondary N) is 1. The van der Waals surface area contributed by atoms with Gasteiger partial charge in [0.25, 0.3) is 0 Å². The zero-order valence-corrected chi connectivity index (χ0v) is 11.2. The van der Waals surface area contributed by atoms with Crippen LogP contribution in [0.4, 0.5) is 13.2 Å². The minimum atomic E-state index is -4.45. The van der Waals surface area contributed by atoms with Gasteiger partial charge in [-0.25, -0.2) is 0 Å². The van der Waals surface area contributed by atoms with E-state index in [0.29, 0.717) is 6.54 Å². The van der Waals surface area contributed by atoms with E-state index in [9.17, 15) is 23.1 Å². The van der Waals surface area contributed by atoms with Gasteiger partial charge in [-0.15, -0.1) is 0 Å². The van der Waals surface area contributed by atoms with Gasteiger partial charge in [-0.05, 0) is 11.6 Å². The van der Waals surface area contributed by atoms with Crippen molar-refractivity contribution in [2.45, 2.75) is 18.7 Å². The van der Waals surface area contributed by atoms with Gasteiger partial charge < -0.3 is 16.2 Å². The van der Waals surface area contributed by atoms with Gasteiger partial charge in [0.1, 0.15) is 6.10 Å². The molecule has 0 aromatic heterocycles. The molecule has 1 amide bonds. The highest BCUT2D eigenvalue weighted by Crippen LogP contribution is 2.29. The molecule has 4 N–H and O–H groups in total. The number of carbonyl (C=O) groups excluding carboxylic acids is 1. The Balaban J connectivity index is 2.60. The summed E-state index contributed by atoms with van der Waals surface area (Å²) in [5, 5.41) is 12.1. The molecule has 1 aromatic carbocycles. The van der Waals surface area contributed by atoms with Gasteiger partial charge >= 0.3 is 6.18 Å². The van der Waals surface area contributed by atoms with Crippen molar-refractivity contribution >= 4 is 5.91 Å². The number of benzene rings is 1. The van der Waals surface area contributed by atoms with Crippen LogP contribution in [0.25, 0.3) is 0 Å². The number of amides is 1. The minimum absolute atomic E-state index is 0.184. The van der Waals surface area contributed by atoms with Gasteiger partial charge in [0.2, 0.25) is 5.91 Å². The van der Waals surface area contributed by atoms with E-state index in [1.807, 2.05) is 0 Å². The van der Waals surface area contributed by atoms with Crippen molar-refractivity contribution in [1.29, 1.82) is 0 Å². The molecule has 0 radical (unpaired) electrons. The molecular weight excluding hydrogens is 285 g/mol. The highest BCUT2D eigenvalue weighted by molar-refractivity contribution is 5.80. The number of hydrogen-bond acceptors (Lipinski definition) is 3. The van der Waals surface area contributed by atoms with E-state index in [4.69, 9.17) is 5.73 Å². The summed E-state index contributed by atoms with van der Waals surface area (Å²) < 4.78 is 37.6. The van der Waals surface area contributed by atoms with Crippen LogP contribution < -0.4 is 11.1 Å². The van der Waals surface area contributed by atoms with E-state index < -0.39 is 23.8 Å². The molecule has 0 aliphatic rings. The van der Waals surface area contributed by atoms with Crippen LogP contribution in [0.15, 0.2) is 36.4 Å². The summed E-state index contributed by atoms with van der Waals surface area (Å²) in [4.78, 5) is 11.5. The van der Waals surface area contributed by atoms with E-state index in [-0.39, 0.29) is 18.5 Å². The Bertz CT molecular complexity index is 501. The van der Waals surface area contributed by atoms with Crippen molar-refractivity contribution in [3.63, 3.8) is 0 Å². The van der Waals surface area contributed by atoms with Crippen molar-refractivity contribution in [2.24, 2.45) is 5.73 Å². The third-order valence-electron chi connectivity index (χ3n) is 2.68. The molecule has 116 valence electrons. The summed E-state index contributed by atoms with van der Waals surface area (Å²) in [7, 11) is 0. The normalized spacial score (nSPS) is 13.4. The highest BCUT2D eigenvalue weighted by Gasteiger charge is 2.30. The lowest BCUT2D eigenvalue weighted by Gasteiger charge is -2.12. The lowest BCUT2D eigenvalue weighted by molar-refractivity contribution is -0.137. The molecule has 0 saturated carbocycles. The second-order valence-electron chi connectivity index (χ2n) is 4.37. The largest absolute Gasteiger partial charge is 0.416 e. The maximum Gasteiger partial charge on any atom is 0.416 e. The van der Waals surface area contributed by atoms with Gasteiger partial charge in [0, 0.05) is 19.5 Å². The molecule has 0 bridgehead atoms. The number of hydrogen-bond donors (Lipinski definition) is 3. The molecule has 0 aliphatic heterocycles. The Kier molecular flexibility index (Phi) is 6.39. The van der Waals surface area contributed by atoms with E-state index in [1.54, 1.807) is 12.2 Å². The van der Waals surface area contributed by atoms with Crippen LogP contribution >= 0.6 is 0 Å². The van der Waals surface area contributed by atoms with Crippen molar-refractivity contribution < 1.29 is 23.1 Å². The summed E-state index contributed by atoms with van der Waals surface area (Å²) in [6.07, 6.45) is -2.78. The number of aliphatic hydroxyl groups is 1. The second kappa shape index (κ2) is 7.80. The third-order valence-corrected chi connectivity index (χ3v) is 2.68. The molecule has 7 heteroatoms. The van der Waals surface area contributed by atoms with Crippen molar-refractivity contribution in [1.82, 2.24) is 5.32 Å². The zero-order chi connectivity index (χ0) is 15.9. The van der Waals surface area contributed by atoms with Crippen LogP contribution in [-0.4, -0.2) is 30.2 Å². The van der Waals surface area contributed by atoms with E-state index in [0.717, 1.165) is 12.1 Å². The SMILES string of the molecule is NC/C=C/CNC(=O)[C@@H](O)Cc1cccc(C(F)(F)F)c1. The molecule has 1 aromatic rings. The molecule has 1 atom stereocenters. The minimum Gasteiger partial charge on any atom is -0.383 e. The topological polar surface area (TPSA) is 75.3 Å². The first-order valence-electron chi connectivity index (χ1n) is 6.31. The average Bonchev–Trinajstić information content (AvgIpc) is 2.42. The molecular formula is C14H17F3N2O2. The molecule has 0 heterocycles. The fourth-order valence-electron chi connectivity index (χ4n) is 1.65. The summed E-state index contributed by atoms with van der Waals surface area (Å²) in [6, 6.07) is 4.53. The molecule has 0 fully saturated rings. The summed E-state index contributed by atoms with van der Waals surface area (Å²) >= 11 is 0. The maximum absolute atomic E-state index is 12.5. The zero-order valence-electron chi connectivity index (χ0n) is 11.2. The Hall–Kier alpha value is -1.86. The first-order valence-corrected chi connectivity index (χ1v) is 6.31. The fraction of sp³-hybridized carbons (Fsp3) is 0.357. The Morgan fingerprint density at radius 3 is 2.71 bits per heavy atom. The predicted molar refractivity (Wildman–Crippen MR) is 72.4 cm³/mol. The molecule has 21 heavy (non-hydrogen) atoms. The van der Waals surface area contributed by atoms with Crippen molar-refractivity contribution in [2.75, 3.05) is 13.1 Å². The Labute approximate surface area is 120 Å². The van der Waals surface area contributed by atoms with Crippen LogP contribution in [0.1, 0.15) is 11.1 Å². The first kappa shape index (κ1) is 17.2. The summed E-state index contributed by atoms with van der Waals surface area (Å²) in [5.41, 5.74) is 4.65. The molecule has 0 unspecified atom stereocenters. The average molecular weight is 302 g/mol. The van der Waals surface area contributed by atoms with Crippen LogP contribution in [0.3, 0.4) is 0 Å². The first-order chi connectivity index (χ1) is 9.84. The van der Waals surface area contributed by atoms with Gasteiger partial charge in [0.05, 0.1) is 5.56 Å². The molecule has 0 spiro atoms. The van der Waals surface area contributed by atoms with E-state index in [2.05, 4.69) is 5.32 Å². The standard InChI is InChI=1S/C14H17F3N2O2/c15-14(16,17)11-5-3-4-10(8-11)9-12(20)13(21)19-7-2-1-6-18/h1-5,8,12,20H,6-7,9,18H2,(H,19,21)/b2-1+/t12-/m0/s1.